The van der Waals surface area contributed by atoms with Crippen LogP contribution in [0.1, 0.15) is 11.3 Å². The van der Waals surface area contributed by atoms with E-state index >= 15 is 0 Å². The van der Waals surface area contributed by atoms with E-state index in [0.29, 0.717) is 54.3 Å². The predicted molar refractivity (Wildman–Crippen MR) is 118 cm³/mol. The first-order valence-corrected chi connectivity index (χ1v) is 9.81. The van der Waals surface area contributed by atoms with Crippen molar-refractivity contribution in [3.63, 3.8) is 0 Å². The minimum atomic E-state index is -0.227. The predicted octanol–water partition coefficient (Wildman–Crippen LogP) is 1.81. The zero-order valence-corrected chi connectivity index (χ0v) is 17.1. The number of aromatic nitrogens is 3. The quantitative estimate of drug-likeness (QED) is 0.528. The molecule has 0 saturated carbocycles. The zero-order chi connectivity index (χ0) is 21.4. The van der Waals surface area contributed by atoms with Crippen molar-refractivity contribution in [3.05, 3.63) is 64.9 Å². The number of pyridine rings is 1. The molecule has 30 heavy (non-hydrogen) atoms. The highest BCUT2D eigenvalue weighted by Gasteiger charge is 2.23. The highest BCUT2D eigenvalue weighted by molar-refractivity contribution is 5.90. The number of hydrogen-bond acceptors (Lipinski definition) is 6. The van der Waals surface area contributed by atoms with E-state index in [9.17, 15) is 9.59 Å². The summed E-state index contributed by atoms with van der Waals surface area (Å²) in [6.07, 6.45) is 2.75. The number of hydrogen-bond donors (Lipinski definition) is 1. The Balaban J connectivity index is 1.80. The molecule has 1 aromatic carbocycles. The molecule has 0 radical (unpaired) electrons. The van der Waals surface area contributed by atoms with Crippen molar-refractivity contribution in [3.8, 4) is 5.69 Å². The number of carbonyl (C=O) groups excluding carboxylic acids is 1. The van der Waals surface area contributed by atoms with E-state index in [1.807, 2.05) is 32.0 Å². The molecule has 0 atom stereocenters. The van der Waals surface area contributed by atoms with Crippen LogP contribution < -0.4 is 16.2 Å². The van der Waals surface area contributed by atoms with Crippen molar-refractivity contribution < 1.29 is 4.79 Å². The van der Waals surface area contributed by atoms with Gasteiger partial charge in [-0.15, -0.1) is 0 Å². The van der Waals surface area contributed by atoms with E-state index in [2.05, 4.69) is 21.4 Å². The summed E-state index contributed by atoms with van der Waals surface area (Å²) in [6, 6.07) is 7.51. The first-order valence-electron chi connectivity index (χ1n) is 9.81. The Kier molecular flexibility index (Phi) is 4.99. The van der Waals surface area contributed by atoms with Crippen molar-refractivity contribution in [2.45, 2.75) is 13.8 Å². The lowest BCUT2D eigenvalue weighted by Crippen LogP contribution is -2.48. The molecule has 1 aliphatic rings. The van der Waals surface area contributed by atoms with Crippen LogP contribution in [0.25, 0.3) is 16.6 Å². The van der Waals surface area contributed by atoms with Crippen molar-refractivity contribution >= 4 is 28.3 Å². The fraction of sp³-hybridized carbons (Fsp3) is 0.273. The fourth-order valence-corrected chi connectivity index (χ4v) is 4.01. The number of anilines is 2. The molecule has 0 unspecified atom stereocenters. The second kappa shape index (κ2) is 7.62. The number of amides is 1. The van der Waals surface area contributed by atoms with Crippen LogP contribution in [0, 0.1) is 13.8 Å². The van der Waals surface area contributed by atoms with Gasteiger partial charge < -0.3 is 15.5 Å². The number of fused-ring (bicyclic) bond motifs is 1. The van der Waals surface area contributed by atoms with E-state index in [1.54, 1.807) is 15.5 Å². The molecule has 1 fully saturated rings. The average molecular weight is 404 g/mol. The summed E-state index contributed by atoms with van der Waals surface area (Å²) in [6.45, 7) is 9.75. The fourth-order valence-electron chi connectivity index (χ4n) is 4.01. The first kappa shape index (κ1) is 19.6. The van der Waals surface area contributed by atoms with Gasteiger partial charge in [-0.25, -0.2) is 9.97 Å². The molecule has 0 aliphatic carbocycles. The summed E-state index contributed by atoms with van der Waals surface area (Å²) in [4.78, 5) is 37.8. The second-order valence-electron chi connectivity index (χ2n) is 7.42. The van der Waals surface area contributed by atoms with Gasteiger partial charge in [0, 0.05) is 31.9 Å². The molecular formula is C22H24N6O2. The van der Waals surface area contributed by atoms with Crippen molar-refractivity contribution in [1.29, 1.82) is 0 Å². The Labute approximate surface area is 174 Å². The number of para-hydroxylation sites is 1. The third-order valence-electron chi connectivity index (χ3n) is 5.53. The first-order chi connectivity index (χ1) is 14.4. The molecule has 1 amide bonds. The molecule has 4 rings (SSSR count). The van der Waals surface area contributed by atoms with Crippen molar-refractivity contribution in [1.82, 2.24) is 19.4 Å². The largest absolute Gasteiger partial charge is 0.397 e. The molecule has 1 aliphatic heterocycles. The minimum absolute atomic E-state index is 0.0725. The topological polar surface area (TPSA) is 97.4 Å². The molecule has 8 heteroatoms. The van der Waals surface area contributed by atoms with Crippen LogP contribution in [-0.2, 0) is 4.79 Å². The van der Waals surface area contributed by atoms with Gasteiger partial charge in [-0.1, -0.05) is 18.7 Å². The van der Waals surface area contributed by atoms with Gasteiger partial charge in [-0.05, 0) is 37.6 Å². The van der Waals surface area contributed by atoms with Gasteiger partial charge in [0.25, 0.3) is 5.56 Å². The molecule has 154 valence electrons. The molecule has 3 heterocycles. The highest BCUT2D eigenvalue weighted by Crippen LogP contribution is 2.27. The van der Waals surface area contributed by atoms with Crippen LogP contribution in [0.4, 0.5) is 11.5 Å². The van der Waals surface area contributed by atoms with Gasteiger partial charge in [0.05, 0.1) is 16.8 Å². The Hall–Kier alpha value is -3.68. The van der Waals surface area contributed by atoms with Crippen LogP contribution >= 0.6 is 0 Å². The maximum atomic E-state index is 13.4. The number of carbonyl (C=O) groups is 1. The van der Waals surface area contributed by atoms with Gasteiger partial charge >= 0.3 is 0 Å². The Bertz CT molecular complexity index is 1190. The third kappa shape index (κ3) is 3.20. The number of rotatable bonds is 3. The second-order valence-corrected chi connectivity index (χ2v) is 7.42. The number of benzene rings is 1. The van der Waals surface area contributed by atoms with E-state index in [-0.39, 0.29) is 11.5 Å². The summed E-state index contributed by atoms with van der Waals surface area (Å²) in [5, 5.41) is 0.701. The van der Waals surface area contributed by atoms with E-state index < -0.39 is 0 Å². The van der Waals surface area contributed by atoms with Gasteiger partial charge in [0.2, 0.25) is 5.91 Å². The summed E-state index contributed by atoms with van der Waals surface area (Å²) < 4.78 is 1.62. The third-order valence-corrected chi connectivity index (χ3v) is 5.53. The summed E-state index contributed by atoms with van der Waals surface area (Å²) in [5.41, 5.74) is 9.20. The maximum Gasteiger partial charge on any atom is 0.282 e. The van der Waals surface area contributed by atoms with Gasteiger partial charge in [-0.2, -0.15) is 0 Å². The van der Waals surface area contributed by atoms with Gasteiger partial charge in [-0.3, -0.25) is 14.2 Å². The maximum absolute atomic E-state index is 13.4. The molecule has 3 aromatic rings. The van der Waals surface area contributed by atoms with E-state index in [4.69, 9.17) is 5.73 Å². The molecule has 2 N–H and O–H groups in total. The van der Waals surface area contributed by atoms with Crippen LogP contribution in [0.2, 0.25) is 0 Å². The van der Waals surface area contributed by atoms with Gasteiger partial charge in [0.15, 0.2) is 0 Å². The lowest BCUT2D eigenvalue weighted by atomic mass is 10.1. The molecule has 0 bridgehead atoms. The summed E-state index contributed by atoms with van der Waals surface area (Å²) in [5.74, 6) is 0.632. The highest BCUT2D eigenvalue weighted by atomic mass is 16.2. The van der Waals surface area contributed by atoms with Gasteiger partial charge in [0.1, 0.15) is 17.7 Å². The smallest absolute Gasteiger partial charge is 0.282 e. The van der Waals surface area contributed by atoms with Crippen molar-refractivity contribution in [2.75, 3.05) is 36.8 Å². The van der Waals surface area contributed by atoms with Crippen LogP contribution in [0.3, 0.4) is 0 Å². The van der Waals surface area contributed by atoms with Crippen LogP contribution in [0.5, 0.6) is 0 Å². The van der Waals surface area contributed by atoms with E-state index in [1.165, 1.54) is 12.4 Å². The van der Waals surface area contributed by atoms with Crippen molar-refractivity contribution in [2.24, 2.45) is 0 Å². The number of piperazine rings is 1. The van der Waals surface area contributed by atoms with E-state index in [0.717, 1.165) is 11.3 Å². The average Bonchev–Trinajstić information content (AvgIpc) is 2.75. The molecular weight excluding hydrogens is 380 g/mol. The lowest BCUT2D eigenvalue weighted by Gasteiger charge is -2.35. The molecule has 0 spiro atoms. The molecule has 2 aromatic heterocycles. The Morgan fingerprint density at radius 1 is 1.17 bits per heavy atom. The summed E-state index contributed by atoms with van der Waals surface area (Å²) >= 11 is 0. The van der Waals surface area contributed by atoms with Crippen LogP contribution in [0.15, 0.2) is 48.0 Å². The monoisotopic (exact) mass is 404 g/mol. The Morgan fingerprint density at radius 3 is 2.57 bits per heavy atom. The number of nitrogens with zero attached hydrogens (tertiary/aromatic N) is 5. The minimum Gasteiger partial charge on any atom is -0.397 e. The number of nitrogen functional groups attached to an aromatic ring is 1. The SMILES string of the molecule is C=CC(=O)N1CCN(c2ncnc3c(=O)n(-c4c(C)cccc4N)c(C)cc23)CC1. The van der Waals surface area contributed by atoms with Crippen LogP contribution in [-0.4, -0.2) is 51.5 Å². The Morgan fingerprint density at radius 2 is 1.90 bits per heavy atom. The zero-order valence-electron chi connectivity index (χ0n) is 17.1. The standard InChI is InChI=1S/C22H24N6O2/c1-4-18(29)26-8-10-27(11-9-26)21-16-12-15(3)28(22(30)19(16)24-13-25-21)20-14(2)6-5-7-17(20)23/h4-7,12-13H,1,8-11,23H2,2-3H3. The number of aryl methyl sites for hydroxylation is 2. The molecule has 1 saturated heterocycles. The normalized spacial score (nSPS) is 14.2. The number of nitrogens with two attached hydrogens (primary N) is 1. The summed E-state index contributed by atoms with van der Waals surface area (Å²) in [7, 11) is 0. The lowest BCUT2D eigenvalue weighted by molar-refractivity contribution is -0.126. The molecule has 8 nitrogen and oxygen atoms in total.